The first kappa shape index (κ1) is 79.1. The van der Waals surface area contributed by atoms with Crippen molar-refractivity contribution in [1.82, 2.24) is 30.6 Å². The average molecular weight is 1400 g/mol. The van der Waals surface area contributed by atoms with Crippen LogP contribution in [0.3, 0.4) is 0 Å². The van der Waals surface area contributed by atoms with Gasteiger partial charge in [-0.25, -0.2) is 17.9 Å². The van der Waals surface area contributed by atoms with E-state index in [0.717, 1.165) is 28.0 Å². The molecule has 3 aliphatic heterocycles. The molecule has 30 heteroatoms. The maximum absolute atomic E-state index is 13.5. The lowest BCUT2D eigenvalue weighted by molar-refractivity contribution is -0.162. The second kappa shape index (κ2) is 34.1. The number of aliphatic imine (C=N–C) groups is 1. The predicted octanol–water partition coefficient (Wildman–Crippen LogP) is 2.25. The highest BCUT2D eigenvalue weighted by Gasteiger charge is 2.38. The number of ketones is 1. The van der Waals surface area contributed by atoms with Crippen LogP contribution in [0.4, 0.5) is 0 Å². The lowest BCUT2D eigenvalue weighted by atomic mass is 9.94. The first-order valence-electron chi connectivity index (χ1n) is 31.5. The SMILES string of the molecule is CC(=O)C(CCCN=C(N)NS(=O)(=O)c1c(C)c(C)c2c(c1C)CC(C)(C)O2)NC(=O)CCC(=O)OCOc1cc(=[N+]2CCOCC2)oc2c(-c3ccc4c(c3)OCCO4)csc12.CNCC(=O)N[C@@H](CC(=O)OC(C)(C)C)C(=O)N[C@@H](COC(C)(C)C)C(=O)OC(C)(C)C.[Cl-]. The number of nitrogens with zero attached hydrogens (tertiary/aromatic N) is 2. The zero-order chi connectivity index (χ0) is 70.4. The second-order valence-electron chi connectivity index (χ2n) is 26.7. The smallest absolute Gasteiger partial charge is 0.371 e. The third-order valence-corrected chi connectivity index (χ3v) is 17.2. The Morgan fingerprint density at radius 3 is 2.08 bits per heavy atom. The van der Waals surface area contributed by atoms with Gasteiger partial charge in [0.05, 0.1) is 48.6 Å². The maximum atomic E-state index is 13.5. The Balaban J connectivity index is 0.000000429. The van der Waals surface area contributed by atoms with Crippen LogP contribution in [0.1, 0.15) is 137 Å². The van der Waals surface area contributed by atoms with Gasteiger partial charge >= 0.3 is 23.5 Å². The molecule has 0 radical (unpaired) electrons. The van der Waals surface area contributed by atoms with E-state index in [9.17, 15) is 42.0 Å². The second-order valence-corrected chi connectivity index (χ2v) is 29.2. The molecule has 1 unspecified atom stereocenters. The minimum absolute atomic E-state index is 0. The summed E-state index contributed by atoms with van der Waals surface area (Å²) in [6.45, 7) is 29.0. The van der Waals surface area contributed by atoms with Crippen molar-refractivity contribution < 1.29 is 101 Å². The van der Waals surface area contributed by atoms with E-state index in [4.69, 9.17) is 52.8 Å². The van der Waals surface area contributed by atoms with E-state index in [0.29, 0.717) is 96.6 Å². The number of thiophene rings is 1. The summed E-state index contributed by atoms with van der Waals surface area (Å²) in [6, 6.07) is 4.28. The molecule has 0 bridgehead atoms. The van der Waals surface area contributed by atoms with Crippen LogP contribution in [0.25, 0.3) is 21.4 Å². The van der Waals surface area contributed by atoms with Crippen LogP contribution in [0, 0.1) is 20.8 Å². The Hall–Kier alpha value is -7.57. The number of guanidine groups is 1. The number of ether oxygens (including phenoxy) is 9. The van der Waals surface area contributed by atoms with E-state index in [1.54, 1.807) is 68.5 Å². The largest absolute Gasteiger partial charge is 1.00 e. The van der Waals surface area contributed by atoms with E-state index in [1.807, 2.05) is 65.1 Å². The summed E-state index contributed by atoms with van der Waals surface area (Å²) >= 11 is 1.42. The number of carbonyl (C=O) groups is 7. The molecular weight excluding hydrogens is 1310 g/mol. The number of likely N-dealkylation sites (N-methyl/N-ethyl adjacent to an activating group) is 1. The molecule has 2 aromatic carbocycles. The van der Waals surface area contributed by atoms with Crippen molar-refractivity contribution >= 4 is 79.0 Å². The van der Waals surface area contributed by atoms with E-state index < -0.39 is 99.4 Å². The normalized spacial score (nSPS) is 15.4. The third-order valence-electron chi connectivity index (χ3n) is 14.6. The molecule has 3 aliphatic rings. The van der Waals surface area contributed by atoms with Crippen molar-refractivity contribution in [3.63, 3.8) is 0 Å². The molecule has 5 heterocycles. The van der Waals surface area contributed by atoms with Crippen molar-refractivity contribution in [3.05, 3.63) is 57.5 Å². The van der Waals surface area contributed by atoms with Crippen molar-refractivity contribution in [2.75, 3.05) is 73.1 Å². The first-order valence-corrected chi connectivity index (χ1v) is 33.9. The minimum atomic E-state index is -4.08. The van der Waals surface area contributed by atoms with E-state index in [1.165, 1.54) is 18.3 Å². The Morgan fingerprint density at radius 2 is 1.45 bits per heavy atom. The highest BCUT2D eigenvalue weighted by Crippen LogP contribution is 2.44. The number of carbonyl (C=O) groups excluding carboxylic acids is 7. The summed E-state index contributed by atoms with van der Waals surface area (Å²) in [4.78, 5) is 92.3. The summed E-state index contributed by atoms with van der Waals surface area (Å²) in [5.74, 6) is -1.82. The highest BCUT2D eigenvalue weighted by molar-refractivity contribution is 7.90. The third kappa shape index (κ3) is 23.6. The number of amides is 3. The summed E-state index contributed by atoms with van der Waals surface area (Å²) < 4.78 is 89.5. The average Bonchev–Trinajstić information content (AvgIpc) is 1.52. The molecule has 2 aromatic heterocycles. The number of benzene rings is 2. The number of fused-ring (bicyclic) bond motifs is 3. The summed E-state index contributed by atoms with van der Waals surface area (Å²) in [7, 11) is -2.50. The van der Waals surface area contributed by atoms with Crippen LogP contribution >= 0.6 is 11.3 Å². The molecular formula is C66H95ClN8O19S2. The van der Waals surface area contributed by atoms with Gasteiger partial charge in [0.1, 0.15) is 59.7 Å². The van der Waals surface area contributed by atoms with Gasteiger partial charge in [-0.1, -0.05) is 6.07 Å². The van der Waals surface area contributed by atoms with Crippen LogP contribution in [0.5, 0.6) is 23.0 Å². The van der Waals surface area contributed by atoms with Crippen LogP contribution < -0.4 is 73.2 Å². The summed E-state index contributed by atoms with van der Waals surface area (Å²) in [6.07, 6.45) is 0.219. The number of hydrogen-bond acceptors (Lipinski definition) is 22. The molecule has 4 aromatic rings. The summed E-state index contributed by atoms with van der Waals surface area (Å²) in [5, 5.41) is 12.3. The van der Waals surface area contributed by atoms with Gasteiger partial charge < -0.3 is 86.5 Å². The van der Waals surface area contributed by atoms with Gasteiger partial charge in [0.25, 0.3) is 10.0 Å². The van der Waals surface area contributed by atoms with Gasteiger partial charge in [-0.2, -0.15) is 4.58 Å². The molecule has 96 heavy (non-hydrogen) atoms. The molecule has 0 aliphatic carbocycles. The van der Waals surface area contributed by atoms with E-state index in [2.05, 4.69) is 35.6 Å². The number of nitrogens with one attached hydrogen (secondary N) is 5. The molecule has 532 valence electrons. The number of nitrogens with two attached hydrogens (primary N) is 1. The quantitative estimate of drug-likeness (QED) is 0.0105. The van der Waals surface area contributed by atoms with E-state index >= 15 is 0 Å². The van der Waals surface area contributed by atoms with Crippen molar-refractivity contribution in [2.45, 2.75) is 188 Å². The van der Waals surface area contributed by atoms with Crippen LogP contribution in [0.2, 0.25) is 0 Å². The van der Waals surface area contributed by atoms with Gasteiger partial charge in [0.15, 0.2) is 47.7 Å². The standard InChI is InChI=1S/C44H53N5O12S2.C22H41N3O7.ClH/c1-25-26(2)42(27(3)30-22-44(5,6)61-39(25)30)63(53,54)48-43(45)46-13-7-8-32(28(4)50)47-36(51)11-12-38(52)59-24-58-35-21-37(49-14-16-55-17-15-49)60-40-31(23-62-41(35)40)29-9-10-33-34(20-29)57-19-18-56-33;1-20(2,3)30-13-15(19(29)32-22(7,8)9)25-18(28)14(24-16(26)12-23-10)11-17(27)31-21(4,5)6;/h9-10,20-21,23,32H,7-8,11-19,22,24H2,1-6H3,(H3-,45,46,47,48,51);14-15,23H,11-13H2,1-10H3,(H,24,26)(H,25,28);1H/t;14-,15-;/m.0./s1. The maximum Gasteiger partial charge on any atom is 0.371 e. The number of sulfonamides is 1. The number of esters is 3. The van der Waals surface area contributed by atoms with Crippen molar-refractivity contribution in [1.29, 1.82) is 0 Å². The number of rotatable bonds is 25. The first-order chi connectivity index (χ1) is 44.3. The fraction of sp³-hybridized carbons (Fsp3) is 0.591. The Kier molecular flexibility index (Phi) is 28.1. The van der Waals surface area contributed by atoms with Crippen LogP contribution in [-0.4, -0.2) is 169 Å². The molecule has 3 amide bonds. The van der Waals surface area contributed by atoms with E-state index in [-0.39, 0.29) is 68.0 Å². The topological polar surface area (TPSA) is 351 Å². The number of halogens is 1. The van der Waals surface area contributed by atoms with Crippen LogP contribution in [0.15, 0.2) is 44.0 Å². The van der Waals surface area contributed by atoms with Gasteiger partial charge in [0, 0.05) is 35.9 Å². The van der Waals surface area contributed by atoms with Gasteiger partial charge in [0.2, 0.25) is 30.5 Å². The molecule has 7 N–H and O–H groups in total. The number of morpholine rings is 1. The monoisotopic (exact) mass is 1400 g/mol. The lowest BCUT2D eigenvalue weighted by Crippen LogP contribution is -3.00. The van der Waals surface area contributed by atoms with Crippen molar-refractivity contribution in [3.8, 4) is 34.1 Å². The zero-order valence-corrected chi connectivity index (χ0v) is 60.2. The fourth-order valence-electron chi connectivity index (χ4n) is 10.2. The fourth-order valence-corrected chi connectivity index (χ4v) is 12.6. The van der Waals surface area contributed by atoms with Gasteiger partial charge in [-0.15, -0.1) is 11.3 Å². The predicted molar refractivity (Wildman–Crippen MR) is 355 cm³/mol. The Morgan fingerprint density at radius 1 is 0.792 bits per heavy atom. The molecule has 7 rings (SSSR count). The minimum Gasteiger partial charge on any atom is -1.00 e. The molecule has 3 atom stereocenters. The number of hydrogen-bond donors (Lipinski definition) is 6. The lowest BCUT2D eigenvalue weighted by Gasteiger charge is -2.28. The van der Waals surface area contributed by atoms with Crippen molar-refractivity contribution in [2.24, 2.45) is 10.7 Å². The number of Topliss-reactive ketones (excluding diaryl/α,β-unsaturated/α-hetero) is 1. The summed E-state index contributed by atoms with van der Waals surface area (Å²) in [5.41, 5.74) is 9.13. The highest BCUT2D eigenvalue weighted by atomic mass is 35.5. The van der Waals surface area contributed by atoms with Gasteiger partial charge in [-0.3, -0.25) is 33.8 Å². The van der Waals surface area contributed by atoms with Crippen LogP contribution in [-0.2, 0) is 73.7 Å². The zero-order valence-electron chi connectivity index (χ0n) is 57.9. The molecule has 1 saturated heterocycles. The molecule has 27 nitrogen and oxygen atoms in total. The molecule has 0 spiro atoms. The van der Waals surface area contributed by atoms with Gasteiger partial charge in [-0.05, 0) is 158 Å². The Labute approximate surface area is 571 Å². The Bertz CT molecular complexity index is 3690. The molecule has 1 fully saturated rings. The molecule has 0 saturated carbocycles.